The number of carbonyl (C=O) groups excluding carboxylic acids is 1. The molecule has 0 fully saturated rings. The van der Waals surface area contributed by atoms with Gasteiger partial charge in [-0.25, -0.2) is 0 Å². The second-order valence-corrected chi connectivity index (χ2v) is 5.58. The van der Waals surface area contributed by atoms with Gasteiger partial charge in [-0.1, -0.05) is 33.6 Å². The normalized spacial score (nSPS) is 16.9. The van der Waals surface area contributed by atoms with Crippen molar-refractivity contribution in [3.8, 4) is 0 Å². The summed E-state index contributed by atoms with van der Waals surface area (Å²) >= 11 is 3.44. The molecule has 1 heterocycles. The predicted molar refractivity (Wildman–Crippen MR) is 80.3 cm³/mol. The first kappa shape index (κ1) is 12.2. The van der Waals surface area contributed by atoms with E-state index in [0.717, 1.165) is 21.4 Å². The van der Waals surface area contributed by atoms with Crippen molar-refractivity contribution in [2.75, 3.05) is 10.6 Å². The van der Waals surface area contributed by atoms with Crippen molar-refractivity contribution in [1.29, 1.82) is 0 Å². The Morgan fingerprint density at radius 1 is 1.16 bits per heavy atom. The van der Waals surface area contributed by atoms with Gasteiger partial charge in [-0.05, 0) is 37.3 Å². The van der Waals surface area contributed by atoms with Gasteiger partial charge in [0.1, 0.15) is 6.04 Å². The van der Waals surface area contributed by atoms with Crippen molar-refractivity contribution >= 4 is 33.2 Å². The number of halogens is 1. The highest BCUT2D eigenvalue weighted by Gasteiger charge is 2.30. The van der Waals surface area contributed by atoms with Crippen LogP contribution in [0.4, 0.5) is 11.4 Å². The first-order valence-corrected chi connectivity index (χ1v) is 6.86. The van der Waals surface area contributed by atoms with Crippen LogP contribution in [0.2, 0.25) is 0 Å². The number of rotatable bonds is 2. The lowest BCUT2D eigenvalue weighted by Gasteiger charge is -2.13. The predicted octanol–water partition coefficient (Wildman–Crippen LogP) is 3.86. The van der Waals surface area contributed by atoms with Crippen LogP contribution in [0.25, 0.3) is 0 Å². The van der Waals surface area contributed by atoms with Gasteiger partial charge < -0.3 is 10.6 Å². The van der Waals surface area contributed by atoms with Crippen molar-refractivity contribution in [3.63, 3.8) is 0 Å². The molecule has 2 aromatic carbocycles. The van der Waals surface area contributed by atoms with Crippen LogP contribution < -0.4 is 10.6 Å². The number of hydrogen-bond donors (Lipinski definition) is 2. The zero-order valence-corrected chi connectivity index (χ0v) is 12.0. The van der Waals surface area contributed by atoms with E-state index in [0.29, 0.717) is 0 Å². The summed E-state index contributed by atoms with van der Waals surface area (Å²) in [5, 5.41) is 6.15. The van der Waals surface area contributed by atoms with Gasteiger partial charge in [0.25, 0.3) is 5.91 Å². The standard InChI is InChI=1S/C15H13BrN2O/c1-9-2-5-11(6-3-9)17-14-12-8-10(16)4-7-13(12)18-15(14)19/h2-8,14,17H,1H3,(H,18,19). The Hall–Kier alpha value is -1.81. The largest absolute Gasteiger partial charge is 0.370 e. The molecule has 1 aliphatic heterocycles. The van der Waals surface area contributed by atoms with Gasteiger partial charge in [-0.3, -0.25) is 4.79 Å². The number of anilines is 2. The third kappa shape index (κ3) is 2.36. The topological polar surface area (TPSA) is 41.1 Å². The molecule has 96 valence electrons. The average molecular weight is 317 g/mol. The fourth-order valence-corrected chi connectivity index (χ4v) is 2.57. The summed E-state index contributed by atoms with van der Waals surface area (Å²) < 4.78 is 0.971. The maximum Gasteiger partial charge on any atom is 0.251 e. The van der Waals surface area contributed by atoms with Crippen LogP contribution in [-0.2, 0) is 4.79 Å². The molecule has 4 heteroatoms. The first-order valence-electron chi connectivity index (χ1n) is 6.07. The lowest BCUT2D eigenvalue weighted by atomic mass is 10.1. The number of nitrogens with one attached hydrogen (secondary N) is 2. The lowest BCUT2D eigenvalue weighted by molar-refractivity contribution is -0.116. The number of hydrogen-bond acceptors (Lipinski definition) is 2. The van der Waals surface area contributed by atoms with E-state index in [4.69, 9.17) is 0 Å². The van der Waals surface area contributed by atoms with E-state index >= 15 is 0 Å². The number of benzene rings is 2. The summed E-state index contributed by atoms with van der Waals surface area (Å²) in [6.45, 7) is 2.04. The smallest absolute Gasteiger partial charge is 0.251 e. The fourth-order valence-electron chi connectivity index (χ4n) is 2.19. The highest BCUT2D eigenvalue weighted by atomic mass is 79.9. The molecule has 0 spiro atoms. The van der Waals surface area contributed by atoms with Gasteiger partial charge in [-0.2, -0.15) is 0 Å². The molecule has 1 atom stereocenters. The molecule has 3 nitrogen and oxygen atoms in total. The lowest BCUT2D eigenvalue weighted by Crippen LogP contribution is -2.19. The summed E-state index contributed by atoms with van der Waals surface area (Å²) in [4.78, 5) is 12.0. The Kier molecular flexibility index (Phi) is 3.03. The van der Waals surface area contributed by atoms with Gasteiger partial charge in [0.2, 0.25) is 0 Å². The maximum atomic E-state index is 12.0. The Labute approximate surface area is 120 Å². The third-order valence-corrected chi connectivity index (χ3v) is 3.70. The van der Waals surface area contributed by atoms with Crippen LogP contribution in [0.3, 0.4) is 0 Å². The van der Waals surface area contributed by atoms with E-state index < -0.39 is 0 Å². The van der Waals surface area contributed by atoms with Crippen molar-refractivity contribution in [2.24, 2.45) is 0 Å². The zero-order chi connectivity index (χ0) is 13.4. The van der Waals surface area contributed by atoms with Crippen LogP contribution >= 0.6 is 15.9 Å². The monoisotopic (exact) mass is 316 g/mol. The highest BCUT2D eigenvalue weighted by molar-refractivity contribution is 9.10. The van der Waals surface area contributed by atoms with Gasteiger partial charge in [-0.15, -0.1) is 0 Å². The Bertz CT molecular complexity index is 637. The molecule has 0 bridgehead atoms. The molecular weight excluding hydrogens is 304 g/mol. The van der Waals surface area contributed by atoms with Gasteiger partial charge in [0.05, 0.1) is 0 Å². The first-order chi connectivity index (χ1) is 9.13. The highest BCUT2D eigenvalue weighted by Crippen LogP contribution is 2.35. The molecule has 0 aliphatic carbocycles. The number of fused-ring (bicyclic) bond motifs is 1. The second kappa shape index (κ2) is 4.70. The minimum atomic E-state index is -0.338. The number of amides is 1. The molecule has 0 saturated heterocycles. The summed E-state index contributed by atoms with van der Waals surface area (Å²) in [6, 6.07) is 13.5. The molecule has 1 amide bonds. The molecule has 0 saturated carbocycles. The minimum absolute atomic E-state index is 0.0197. The van der Waals surface area contributed by atoms with E-state index in [1.54, 1.807) is 0 Å². The van der Waals surface area contributed by atoms with Crippen molar-refractivity contribution in [2.45, 2.75) is 13.0 Å². The van der Waals surface area contributed by atoms with Crippen molar-refractivity contribution < 1.29 is 4.79 Å². The van der Waals surface area contributed by atoms with Gasteiger partial charge in [0.15, 0.2) is 0 Å². The Morgan fingerprint density at radius 3 is 2.63 bits per heavy atom. The summed E-state index contributed by atoms with van der Waals surface area (Å²) in [7, 11) is 0. The van der Waals surface area contributed by atoms with E-state index in [-0.39, 0.29) is 11.9 Å². The van der Waals surface area contributed by atoms with Crippen molar-refractivity contribution in [3.05, 3.63) is 58.1 Å². The fraction of sp³-hybridized carbons (Fsp3) is 0.133. The summed E-state index contributed by atoms with van der Waals surface area (Å²) in [6.07, 6.45) is 0. The number of aryl methyl sites for hydroxylation is 1. The minimum Gasteiger partial charge on any atom is -0.370 e. The molecule has 1 aliphatic rings. The van der Waals surface area contributed by atoms with Crippen LogP contribution in [-0.4, -0.2) is 5.91 Å². The van der Waals surface area contributed by atoms with Gasteiger partial charge in [0, 0.05) is 21.4 Å². The molecule has 0 aromatic heterocycles. The number of carbonyl (C=O) groups is 1. The molecule has 2 N–H and O–H groups in total. The average Bonchev–Trinajstić information content (AvgIpc) is 2.69. The maximum absolute atomic E-state index is 12.0. The van der Waals surface area contributed by atoms with Gasteiger partial charge >= 0.3 is 0 Å². The van der Waals surface area contributed by atoms with E-state index in [2.05, 4.69) is 26.6 Å². The van der Waals surface area contributed by atoms with E-state index in [1.807, 2.05) is 49.4 Å². The van der Waals surface area contributed by atoms with E-state index in [1.165, 1.54) is 5.56 Å². The Morgan fingerprint density at radius 2 is 1.89 bits per heavy atom. The van der Waals surface area contributed by atoms with Crippen LogP contribution in [0.15, 0.2) is 46.9 Å². The Balaban J connectivity index is 1.91. The van der Waals surface area contributed by atoms with Crippen LogP contribution in [0.1, 0.15) is 17.2 Å². The SMILES string of the molecule is Cc1ccc(NC2C(=O)Nc3ccc(Br)cc32)cc1. The molecule has 2 aromatic rings. The molecule has 19 heavy (non-hydrogen) atoms. The summed E-state index contributed by atoms with van der Waals surface area (Å²) in [5.74, 6) is -0.0197. The molecule has 0 radical (unpaired) electrons. The molecule has 3 rings (SSSR count). The quantitative estimate of drug-likeness (QED) is 0.883. The van der Waals surface area contributed by atoms with Crippen molar-refractivity contribution in [1.82, 2.24) is 0 Å². The summed E-state index contributed by atoms with van der Waals surface area (Å²) in [5.41, 5.74) is 3.99. The zero-order valence-electron chi connectivity index (χ0n) is 10.4. The molecular formula is C15H13BrN2O. The van der Waals surface area contributed by atoms with E-state index in [9.17, 15) is 4.79 Å². The molecule has 1 unspecified atom stereocenters. The second-order valence-electron chi connectivity index (χ2n) is 4.66. The third-order valence-electron chi connectivity index (χ3n) is 3.21. The van der Waals surface area contributed by atoms with Crippen LogP contribution in [0.5, 0.6) is 0 Å². The van der Waals surface area contributed by atoms with Crippen LogP contribution in [0, 0.1) is 6.92 Å².